The highest BCUT2D eigenvalue weighted by Crippen LogP contribution is 2.12. The molecular formula is C19H30N4O2S. The van der Waals surface area contributed by atoms with Gasteiger partial charge >= 0.3 is 0 Å². The minimum atomic E-state index is 0.0752. The summed E-state index contributed by atoms with van der Waals surface area (Å²) in [4.78, 5) is 16.3. The van der Waals surface area contributed by atoms with Gasteiger partial charge in [-0.3, -0.25) is 9.69 Å². The van der Waals surface area contributed by atoms with Crippen molar-refractivity contribution in [3.63, 3.8) is 0 Å². The number of piperazine rings is 1. The molecule has 0 atom stereocenters. The van der Waals surface area contributed by atoms with Crippen molar-refractivity contribution in [2.75, 3.05) is 58.3 Å². The quantitative estimate of drug-likeness (QED) is 0.531. The van der Waals surface area contributed by atoms with Crippen molar-refractivity contribution in [1.82, 2.24) is 15.1 Å². The molecule has 1 aliphatic heterocycles. The Balaban J connectivity index is 1.68. The third kappa shape index (κ3) is 6.90. The number of hydrogen-bond acceptors (Lipinski definition) is 4. The maximum Gasteiger partial charge on any atom is 0.234 e. The van der Waals surface area contributed by atoms with E-state index in [4.69, 9.17) is 17.0 Å². The average molecular weight is 379 g/mol. The molecule has 1 aromatic carbocycles. The van der Waals surface area contributed by atoms with Crippen LogP contribution in [0.3, 0.4) is 0 Å². The van der Waals surface area contributed by atoms with Gasteiger partial charge in [0.25, 0.3) is 0 Å². The van der Waals surface area contributed by atoms with Gasteiger partial charge < -0.3 is 20.3 Å². The molecule has 0 unspecified atom stereocenters. The number of benzene rings is 1. The largest absolute Gasteiger partial charge is 0.385 e. The van der Waals surface area contributed by atoms with Gasteiger partial charge in [-0.15, -0.1) is 0 Å². The Labute approximate surface area is 161 Å². The van der Waals surface area contributed by atoms with Gasteiger partial charge in [0.05, 0.1) is 6.54 Å². The van der Waals surface area contributed by atoms with E-state index in [1.54, 1.807) is 7.11 Å². The van der Waals surface area contributed by atoms with Crippen molar-refractivity contribution in [3.05, 3.63) is 29.8 Å². The Bertz CT molecular complexity index is 571. The summed E-state index contributed by atoms with van der Waals surface area (Å²) in [5.74, 6) is 0.0752. The monoisotopic (exact) mass is 378 g/mol. The van der Waals surface area contributed by atoms with Gasteiger partial charge in [0.15, 0.2) is 5.11 Å². The summed E-state index contributed by atoms with van der Waals surface area (Å²) in [5, 5.41) is 6.98. The van der Waals surface area contributed by atoms with E-state index in [1.807, 2.05) is 0 Å². The summed E-state index contributed by atoms with van der Waals surface area (Å²) >= 11 is 5.53. The molecule has 0 bridgehead atoms. The highest BCUT2D eigenvalue weighted by Gasteiger charge is 2.20. The Morgan fingerprint density at radius 3 is 2.50 bits per heavy atom. The molecule has 1 aromatic rings. The predicted molar refractivity (Wildman–Crippen MR) is 110 cm³/mol. The SMILES string of the molecule is CCc1ccc(NC(=S)N2CCN(CC(=O)NCCCOC)CC2)cc1. The number of thiocarbonyl (C=S) groups is 1. The number of carbonyl (C=O) groups excluding carboxylic acids is 1. The minimum Gasteiger partial charge on any atom is -0.385 e. The third-order valence-corrected chi connectivity index (χ3v) is 4.85. The van der Waals surface area contributed by atoms with Gasteiger partial charge in [0.2, 0.25) is 5.91 Å². The summed E-state index contributed by atoms with van der Waals surface area (Å²) in [6.07, 6.45) is 1.88. The number of methoxy groups -OCH3 is 1. The molecule has 0 spiro atoms. The fraction of sp³-hybridized carbons (Fsp3) is 0.579. The smallest absolute Gasteiger partial charge is 0.234 e. The van der Waals surface area contributed by atoms with E-state index in [9.17, 15) is 4.79 Å². The third-order valence-electron chi connectivity index (χ3n) is 4.49. The summed E-state index contributed by atoms with van der Waals surface area (Å²) in [7, 11) is 1.67. The van der Waals surface area contributed by atoms with E-state index in [0.717, 1.165) is 49.8 Å². The Kier molecular flexibility index (Phi) is 8.80. The Morgan fingerprint density at radius 2 is 1.88 bits per heavy atom. The first-order valence-corrected chi connectivity index (χ1v) is 9.66. The molecule has 2 N–H and O–H groups in total. The lowest BCUT2D eigenvalue weighted by molar-refractivity contribution is -0.122. The van der Waals surface area contributed by atoms with Crippen molar-refractivity contribution < 1.29 is 9.53 Å². The normalized spacial score (nSPS) is 14.9. The molecule has 6 nitrogen and oxygen atoms in total. The Hall–Kier alpha value is -1.70. The molecule has 1 heterocycles. The molecular weight excluding hydrogens is 348 g/mol. The van der Waals surface area contributed by atoms with Crippen LogP contribution in [-0.2, 0) is 16.0 Å². The predicted octanol–water partition coefficient (Wildman–Crippen LogP) is 1.72. The summed E-state index contributed by atoms with van der Waals surface area (Å²) in [6, 6.07) is 8.37. The van der Waals surface area contributed by atoms with E-state index in [-0.39, 0.29) is 5.91 Å². The zero-order valence-electron chi connectivity index (χ0n) is 15.8. The fourth-order valence-electron chi connectivity index (χ4n) is 2.84. The van der Waals surface area contributed by atoms with Crippen LogP contribution in [0.4, 0.5) is 5.69 Å². The standard InChI is InChI=1S/C19H30N4O2S/c1-3-16-5-7-17(8-6-16)21-19(26)23-12-10-22(11-13-23)15-18(24)20-9-4-14-25-2/h5-8H,3-4,9-15H2,1-2H3,(H,20,24)(H,21,26). The summed E-state index contributed by atoms with van der Waals surface area (Å²) in [5.41, 5.74) is 2.33. The lowest BCUT2D eigenvalue weighted by atomic mass is 10.1. The highest BCUT2D eigenvalue weighted by atomic mass is 32.1. The number of nitrogens with zero attached hydrogens (tertiary/aromatic N) is 2. The number of ether oxygens (including phenoxy) is 1. The van der Waals surface area contributed by atoms with Crippen LogP contribution in [0.5, 0.6) is 0 Å². The van der Waals surface area contributed by atoms with Crippen LogP contribution in [0.2, 0.25) is 0 Å². The fourth-order valence-corrected chi connectivity index (χ4v) is 3.14. The van der Waals surface area contributed by atoms with Crippen molar-refractivity contribution in [2.24, 2.45) is 0 Å². The molecule has 0 saturated carbocycles. The van der Waals surface area contributed by atoms with Crippen LogP contribution >= 0.6 is 12.2 Å². The molecule has 144 valence electrons. The molecule has 0 radical (unpaired) electrons. The molecule has 7 heteroatoms. The number of nitrogens with one attached hydrogen (secondary N) is 2. The number of rotatable bonds is 8. The van der Waals surface area contributed by atoms with E-state index in [1.165, 1.54) is 5.56 Å². The van der Waals surface area contributed by atoms with Crippen LogP contribution in [0.1, 0.15) is 18.9 Å². The molecule has 1 saturated heterocycles. The van der Waals surface area contributed by atoms with Gasteiger partial charge in [-0.2, -0.15) is 0 Å². The maximum atomic E-state index is 11.9. The highest BCUT2D eigenvalue weighted by molar-refractivity contribution is 7.80. The summed E-state index contributed by atoms with van der Waals surface area (Å²) in [6.45, 7) is 7.25. The van der Waals surface area contributed by atoms with Crippen molar-refractivity contribution in [3.8, 4) is 0 Å². The molecule has 1 fully saturated rings. The van der Waals surface area contributed by atoms with Crippen molar-refractivity contribution in [1.29, 1.82) is 0 Å². The zero-order chi connectivity index (χ0) is 18.8. The van der Waals surface area contributed by atoms with E-state index in [2.05, 4.69) is 51.6 Å². The first-order valence-electron chi connectivity index (χ1n) is 9.25. The number of amides is 1. The van der Waals surface area contributed by atoms with Crippen LogP contribution < -0.4 is 10.6 Å². The first kappa shape index (κ1) is 20.6. The lowest BCUT2D eigenvalue weighted by Crippen LogP contribution is -2.52. The van der Waals surface area contributed by atoms with Crippen molar-refractivity contribution in [2.45, 2.75) is 19.8 Å². The topological polar surface area (TPSA) is 56.8 Å². The molecule has 1 amide bonds. The maximum absolute atomic E-state index is 11.9. The molecule has 26 heavy (non-hydrogen) atoms. The van der Waals surface area contributed by atoms with E-state index in [0.29, 0.717) is 19.7 Å². The number of carbonyl (C=O) groups is 1. The van der Waals surface area contributed by atoms with Crippen molar-refractivity contribution >= 4 is 28.9 Å². The number of anilines is 1. The van der Waals surface area contributed by atoms with Crippen LogP contribution in [0, 0.1) is 0 Å². The molecule has 0 aromatic heterocycles. The minimum absolute atomic E-state index is 0.0752. The van der Waals surface area contributed by atoms with E-state index < -0.39 is 0 Å². The average Bonchev–Trinajstić information content (AvgIpc) is 2.66. The van der Waals surface area contributed by atoms with Gasteiger partial charge in [0.1, 0.15) is 0 Å². The van der Waals surface area contributed by atoms with E-state index >= 15 is 0 Å². The summed E-state index contributed by atoms with van der Waals surface area (Å²) < 4.78 is 4.98. The molecule has 0 aliphatic carbocycles. The first-order chi connectivity index (χ1) is 12.6. The number of hydrogen-bond donors (Lipinski definition) is 2. The van der Waals surface area contributed by atoms with Crippen LogP contribution in [0.25, 0.3) is 0 Å². The zero-order valence-corrected chi connectivity index (χ0v) is 16.6. The van der Waals surface area contributed by atoms with Crippen LogP contribution in [-0.4, -0.2) is 73.8 Å². The molecule has 2 rings (SSSR count). The van der Waals surface area contributed by atoms with Gasteiger partial charge in [-0.05, 0) is 42.8 Å². The second kappa shape index (κ2) is 11.1. The van der Waals surface area contributed by atoms with Crippen LogP contribution in [0.15, 0.2) is 24.3 Å². The van der Waals surface area contributed by atoms with Gasteiger partial charge in [-0.25, -0.2) is 0 Å². The number of aryl methyl sites for hydroxylation is 1. The second-order valence-corrected chi connectivity index (χ2v) is 6.83. The van der Waals surface area contributed by atoms with Gasteiger partial charge in [0, 0.05) is 52.1 Å². The Morgan fingerprint density at radius 1 is 1.19 bits per heavy atom. The lowest BCUT2D eigenvalue weighted by Gasteiger charge is -2.35. The molecule has 1 aliphatic rings. The van der Waals surface area contributed by atoms with Gasteiger partial charge in [-0.1, -0.05) is 19.1 Å². The second-order valence-electron chi connectivity index (χ2n) is 6.44.